The van der Waals surface area contributed by atoms with E-state index in [9.17, 15) is 19.0 Å². The molecule has 92 heavy (non-hydrogen) atoms. The Labute approximate surface area is 566 Å². The van der Waals surface area contributed by atoms with Gasteiger partial charge in [0.15, 0.2) is 6.10 Å². The van der Waals surface area contributed by atoms with Crippen LogP contribution in [0.15, 0.2) is 170 Å². The fourth-order valence-electron chi connectivity index (χ4n) is 9.68. The molecule has 0 fully saturated rings. The molecule has 0 heterocycles. The van der Waals surface area contributed by atoms with Crippen LogP contribution in [0.4, 0.5) is 0 Å². The molecule has 0 aromatic carbocycles. The summed E-state index contributed by atoms with van der Waals surface area (Å²) in [4.78, 5) is 35.9. The Morgan fingerprint density at radius 1 is 0.337 bits per heavy atom. The molecule has 0 aliphatic carbocycles. The Balaban J connectivity index is 4.10. The number of phosphoric acid groups is 1. The van der Waals surface area contributed by atoms with Gasteiger partial charge in [-0.3, -0.25) is 18.6 Å². The molecule has 522 valence electrons. The van der Waals surface area contributed by atoms with E-state index in [4.69, 9.17) is 18.5 Å². The molecule has 0 aromatic heterocycles. The van der Waals surface area contributed by atoms with Crippen molar-refractivity contribution in [1.82, 2.24) is 0 Å². The monoisotopic (exact) mass is 1300 g/mol. The van der Waals surface area contributed by atoms with E-state index in [-0.39, 0.29) is 32.0 Å². The van der Waals surface area contributed by atoms with Crippen LogP contribution in [0.2, 0.25) is 0 Å². The number of ether oxygens (including phenoxy) is 2. The normalized spacial score (nSPS) is 14.1. The number of hydrogen-bond donors (Lipinski definition) is 1. The molecule has 0 aromatic rings. The highest BCUT2D eigenvalue weighted by Gasteiger charge is 2.27. The molecule has 10 heteroatoms. The number of carbonyl (C=O) groups is 2. The van der Waals surface area contributed by atoms with Gasteiger partial charge in [-0.05, 0) is 128 Å². The van der Waals surface area contributed by atoms with Crippen LogP contribution in [-0.2, 0) is 32.7 Å². The predicted octanol–water partition coefficient (Wildman–Crippen LogP) is 24.5. The molecule has 2 atom stereocenters. The van der Waals surface area contributed by atoms with E-state index in [1.54, 1.807) is 0 Å². The van der Waals surface area contributed by atoms with Crippen molar-refractivity contribution in [1.29, 1.82) is 0 Å². The van der Waals surface area contributed by atoms with Crippen LogP contribution in [0.1, 0.15) is 284 Å². The van der Waals surface area contributed by atoms with Gasteiger partial charge in [0.2, 0.25) is 0 Å². The quantitative estimate of drug-likeness (QED) is 0.0211. The topological polar surface area (TPSA) is 108 Å². The third kappa shape index (κ3) is 74.4. The van der Waals surface area contributed by atoms with Crippen molar-refractivity contribution in [3.63, 3.8) is 0 Å². The van der Waals surface area contributed by atoms with Gasteiger partial charge in [-0.2, -0.15) is 0 Å². The number of phosphoric ester groups is 1. The number of likely N-dealkylation sites (N-methyl/N-ethyl adjacent to an activating group) is 1. The van der Waals surface area contributed by atoms with Crippen LogP contribution in [0, 0.1) is 0 Å². The number of rotatable bonds is 66. The minimum absolute atomic E-state index is 0.0218. The van der Waals surface area contributed by atoms with Gasteiger partial charge in [0, 0.05) is 12.8 Å². The average Bonchev–Trinajstić information content (AvgIpc) is 2.14. The molecule has 1 N–H and O–H groups in total. The SMILES string of the molecule is CC/C=C\C/C=C\C/C=C\C/C=C\C/C=C\C/C=C\C/C=C\C/C=C\C/C=C\CCCCCCCCCC(=O)OC(COC(=O)CCCCCCCCCCCCCCCCCCC/C=C\C/C=C\C/C=C\C/C=C\C/C=C\CC)COP(=O)(O)OCC[N+](C)(C)C. The second kappa shape index (κ2) is 70.7. The molecule has 0 bridgehead atoms. The summed E-state index contributed by atoms with van der Waals surface area (Å²) < 4.78 is 34.7. The minimum atomic E-state index is -4.41. The summed E-state index contributed by atoms with van der Waals surface area (Å²) in [6.45, 7) is 4.19. The Hall–Kier alpha value is -4.63. The lowest BCUT2D eigenvalue weighted by molar-refractivity contribution is -0.870. The number of unbranched alkanes of at least 4 members (excludes halogenated alkanes) is 24. The van der Waals surface area contributed by atoms with E-state index < -0.39 is 26.5 Å². The van der Waals surface area contributed by atoms with Crippen LogP contribution in [0.3, 0.4) is 0 Å². The number of allylic oxidation sites excluding steroid dienone is 28. The molecule has 0 amide bonds. The molecule has 0 aliphatic heterocycles. The third-order valence-corrected chi connectivity index (χ3v) is 16.2. The zero-order valence-corrected chi connectivity index (χ0v) is 60.4. The number of quaternary nitrogens is 1. The maximum Gasteiger partial charge on any atom is 0.472 e. The predicted molar refractivity (Wildman–Crippen MR) is 399 cm³/mol. The van der Waals surface area contributed by atoms with Crippen LogP contribution in [-0.4, -0.2) is 74.9 Å². The second-order valence-corrected chi connectivity index (χ2v) is 26.7. The highest BCUT2D eigenvalue weighted by molar-refractivity contribution is 7.47. The first-order valence-electron chi connectivity index (χ1n) is 36.9. The van der Waals surface area contributed by atoms with Crippen molar-refractivity contribution in [2.45, 2.75) is 290 Å². The summed E-state index contributed by atoms with van der Waals surface area (Å²) in [6.07, 6.45) is 107. The lowest BCUT2D eigenvalue weighted by Gasteiger charge is -2.24. The molecule has 0 saturated carbocycles. The molecule has 0 rings (SSSR count). The van der Waals surface area contributed by atoms with Gasteiger partial charge in [-0.1, -0.05) is 312 Å². The summed E-state index contributed by atoms with van der Waals surface area (Å²) in [5.41, 5.74) is 0. The average molecular weight is 1300 g/mol. The van der Waals surface area contributed by atoms with Crippen LogP contribution >= 0.6 is 7.82 Å². The molecule has 2 unspecified atom stereocenters. The first kappa shape index (κ1) is 87.4. The fourth-order valence-corrected chi connectivity index (χ4v) is 10.4. The summed E-state index contributed by atoms with van der Waals surface area (Å²) in [5, 5.41) is 0. The lowest BCUT2D eigenvalue weighted by atomic mass is 10.0. The number of carbonyl (C=O) groups excluding carboxylic acids is 2. The molecular weight excluding hydrogens is 1160 g/mol. The van der Waals surface area contributed by atoms with Gasteiger partial charge in [-0.15, -0.1) is 0 Å². The molecule has 0 radical (unpaired) electrons. The van der Waals surface area contributed by atoms with E-state index in [0.29, 0.717) is 17.4 Å². The summed E-state index contributed by atoms with van der Waals surface area (Å²) in [6, 6.07) is 0. The molecule has 0 spiro atoms. The van der Waals surface area contributed by atoms with E-state index in [0.717, 1.165) is 135 Å². The van der Waals surface area contributed by atoms with Crippen LogP contribution in [0.5, 0.6) is 0 Å². The lowest BCUT2D eigenvalue weighted by Crippen LogP contribution is -2.37. The molecule has 0 saturated heterocycles. The zero-order valence-electron chi connectivity index (χ0n) is 59.5. The summed E-state index contributed by atoms with van der Waals surface area (Å²) in [5.74, 6) is -0.814. The molecule has 0 aliphatic rings. The van der Waals surface area contributed by atoms with Gasteiger partial charge < -0.3 is 18.9 Å². The smallest absolute Gasteiger partial charge is 0.462 e. The van der Waals surface area contributed by atoms with E-state index in [1.165, 1.54) is 116 Å². The Morgan fingerprint density at radius 3 is 0.870 bits per heavy atom. The highest BCUT2D eigenvalue weighted by Crippen LogP contribution is 2.43. The van der Waals surface area contributed by atoms with Crippen LogP contribution in [0.25, 0.3) is 0 Å². The highest BCUT2D eigenvalue weighted by atomic mass is 31.2. The van der Waals surface area contributed by atoms with Gasteiger partial charge >= 0.3 is 19.8 Å². The van der Waals surface area contributed by atoms with Crippen molar-refractivity contribution in [2.24, 2.45) is 0 Å². The van der Waals surface area contributed by atoms with Gasteiger partial charge in [0.25, 0.3) is 0 Å². The summed E-state index contributed by atoms with van der Waals surface area (Å²) in [7, 11) is 1.45. The number of nitrogens with zero attached hydrogens (tertiary/aromatic N) is 1. The minimum Gasteiger partial charge on any atom is -0.462 e. The zero-order chi connectivity index (χ0) is 66.9. The fraction of sp³-hybridized carbons (Fsp3) is 0.634. The van der Waals surface area contributed by atoms with E-state index in [2.05, 4.69) is 184 Å². The van der Waals surface area contributed by atoms with Gasteiger partial charge in [-0.25, -0.2) is 4.57 Å². The molecular formula is C82H137NO8P+. The first-order valence-corrected chi connectivity index (χ1v) is 38.4. The Morgan fingerprint density at radius 2 is 0.587 bits per heavy atom. The van der Waals surface area contributed by atoms with Crippen molar-refractivity contribution in [2.75, 3.05) is 47.5 Å². The molecule has 9 nitrogen and oxygen atoms in total. The van der Waals surface area contributed by atoms with Gasteiger partial charge in [0.1, 0.15) is 19.8 Å². The first-order chi connectivity index (χ1) is 45.0. The van der Waals surface area contributed by atoms with Crippen molar-refractivity contribution in [3.05, 3.63) is 170 Å². The van der Waals surface area contributed by atoms with E-state index in [1.807, 2.05) is 21.1 Å². The number of esters is 2. The van der Waals surface area contributed by atoms with Crippen molar-refractivity contribution < 1.29 is 42.1 Å². The van der Waals surface area contributed by atoms with E-state index >= 15 is 0 Å². The summed E-state index contributed by atoms with van der Waals surface area (Å²) >= 11 is 0. The van der Waals surface area contributed by atoms with Crippen molar-refractivity contribution in [3.8, 4) is 0 Å². The number of hydrogen-bond acceptors (Lipinski definition) is 7. The maximum absolute atomic E-state index is 12.9. The standard InChI is InChI=1S/C82H136NO8P/c1-6-8-10-12-14-16-18-20-22-24-26-28-30-32-34-36-38-40-41-43-45-47-49-51-53-55-57-59-61-63-65-67-69-71-73-75-82(85)91-80(79-90-92(86,87)89-77-76-83(3,4)5)78-88-81(84)74-72-70-68-66-64-62-60-58-56-54-52-50-48-46-44-42-39-37-35-33-31-29-27-25-23-21-19-17-15-13-11-9-7-2/h8-11,14-17,20-23,26-29,32-35,38,40,43,45,49,51,55,57,80H,6-7,12-13,18-19,24-25,30-31,36-37,39,41-42,44,46-48,50,52-54,56,58-79H2,1-5H3/p+1/b10-8-,11-9-,16-14-,17-15-,22-20-,23-21-,28-26-,29-27-,34-32-,35-33-,40-38-,45-43-,51-49-,57-55-. The van der Waals surface area contributed by atoms with Gasteiger partial charge in [0.05, 0.1) is 27.7 Å². The van der Waals surface area contributed by atoms with Crippen LogP contribution < -0.4 is 0 Å². The Bertz CT molecular complexity index is 2160. The third-order valence-electron chi connectivity index (χ3n) is 15.2. The maximum atomic E-state index is 12.9. The Kier molecular flexibility index (Phi) is 67.1. The largest absolute Gasteiger partial charge is 0.472 e. The van der Waals surface area contributed by atoms with Crippen molar-refractivity contribution >= 4 is 19.8 Å². The second-order valence-electron chi connectivity index (χ2n) is 25.2.